The largest absolute Gasteiger partial charge is 0.367 e. The van der Waals surface area contributed by atoms with Crippen LogP contribution >= 0.6 is 11.6 Å². The molecule has 3 rings (SSSR count). The molecule has 2 fully saturated rings. The van der Waals surface area contributed by atoms with Crippen LogP contribution in [0.2, 0.25) is 5.15 Å². The Morgan fingerprint density at radius 3 is 2.58 bits per heavy atom. The molecule has 0 radical (unpaired) electrons. The predicted molar refractivity (Wildman–Crippen MR) is 78.6 cm³/mol. The van der Waals surface area contributed by atoms with Crippen LogP contribution in [0, 0.1) is 11.8 Å². The average molecular weight is 280 g/mol. The molecule has 1 N–H and O–H groups in total. The third-order valence-electron chi connectivity index (χ3n) is 4.60. The quantitative estimate of drug-likeness (QED) is 0.841. The van der Waals surface area contributed by atoms with E-state index in [2.05, 4.69) is 29.1 Å². The van der Waals surface area contributed by atoms with E-state index in [1.54, 1.807) is 0 Å². The molecule has 0 bridgehead atoms. The molecule has 19 heavy (non-hydrogen) atoms. The molecule has 104 valence electrons. The van der Waals surface area contributed by atoms with Crippen LogP contribution in [0.4, 0.5) is 5.82 Å². The highest BCUT2D eigenvalue weighted by Crippen LogP contribution is 2.39. The van der Waals surface area contributed by atoms with E-state index in [1.807, 2.05) is 6.07 Å². The zero-order valence-corrected chi connectivity index (χ0v) is 12.5. The standard InChI is InChI=1S/C15H22ClN3/c1-9-3-6-12(7-10(9)2)17-14-8-13(16)18-15(19-14)11-4-5-11/h8-12H,3-7H2,1-2H3,(H,17,18,19). The van der Waals surface area contributed by atoms with Gasteiger partial charge in [0, 0.05) is 18.0 Å². The first-order valence-corrected chi connectivity index (χ1v) is 7.80. The van der Waals surface area contributed by atoms with Gasteiger partial charge in [0.2, 0.25) is 0 Å². The van der Waals surface area contributed by atoms with Crippen molar-refractivity contribution in [1.29, 1.82) is 0 Å². The molecule has 2 saturated carbocycles. The first kappa shape index (κ1) is 13.2. The van der Waals surface area contributed by atoms with Crippen LogP contribution < -0.4 is 5.32 Å². The molecular weight excluding hydrogens is 258 g/mol. The minimum atomic E-state index is 0.532. The Balaban J connectivity index is 1.69. The maximum atomic E-state index is 6.10. The number of nitrogens with one attached hydrogen (secondary N) is 1. The van der Waals surface area contributed by atoms with Gasteiger partial charge < -0.3 is 5.32 Å². The van der Waals surface area contributed by atoms with E-state index in [4.69, 9.17) is 11.6 Å². The van der Waals surface area contributed by atoms with Crippen molar-refractivity contribution in [3.05, 3.63) is 17.0 Å². The van der Waals surface area contributed by atoms with Gasteiger partial charge in [-0.2, -0.15) is 0 Å². The van der Waals surface area contributed by atoms with Gasteiger partial charge in [0.15, 0.2) is 0 Å². The summed E-state index contributed by atoms with van der Waals surface area (Å²) < 4.78 is 0. The molecular formula is C15H22ClN3. The van der Waals surface area contributed by atoms with E-state index in [-0.39, 0.29) is 0 Å². The molecule has 0 amide bonds. The second-order valence-corrected chi connectivity index (χ2v) is 6.70. The number of hydrogen-bond donors (Lipinski definition) is 1. The van der Waals surface area contributed by atoms with Gasteiger partial charge in [0.25, 0.3) is 0 Å². The molecule has 4 heteroatoms. The number of nitrogens with zero attached hydrogens (tertiary/aromatic N) is 2. The summed E-state index contributed by atoms with van der Waals surface area (Å²) in [7, 11) is 0. The van der Waals surface area contributed by atoms with Crippen LogP contribution in [0.15, 0.2) is 6.07 Å². The van der Waals surface area contributed by atoms with E-state index in [0.717, 1.165) is 23.5 Å². The molecule has 1 aromatic rings. The molecule has 2 aliphatic rings. The van der Waals surface area contributed by atoms with Crippen LogP contribution in [0.25, 0.3) is 0 Å². The van der Waals surface area contributed by atoms with E-state index < -0.39 is 0 Å². The van der Waals surface area contributed by atoms with Crippen LogP contribution in [0.5, 0.6) is 0 Å². The van der Waals surface area contributed by atoms with Gasteiger partial charge in [0.05, 0.1) is 0 Å². The van der Waals surface area contributed by atoms with Crippen molar-refractivity contribution in [3.8, 4) is 0 Å². The Labute approximate surface area is 120 Å². The molecule has 1 aromatic heterocycles. The minimum Gasteiger partial charge on any atom is -0.367 e. The maximum absolute atomic E-state index is 6.10. The van der Waals surface area contributed by atoms with Gasteiger partial charge in [-0.15, -0.1) is 0 Å². The fourth-order valence-electron chi connectivity index (χ4n) is 2.92. The third kappa shape index (κ3) is 3.19. The number of hydrogen-bond acceptors (Lipinski definition) is 3. The zero-order chi connectivity index (χ0) is 13.4. The van der Waals surface area contributed by atoms with Crippen LogP contribution in [-0.4, -0.2) is 16.0 Å². The van der Waals surface area contributed by atoms with Crippen molar-refractivity contribution in [3.63, 3.8) is 0 Å². The molecule has 0 saturated heterocycles. The molecule has 0 aromatic carbocycles. The van der Waals surface area contributed by atoms with E-state index in [0.29, 0.717) is 17.1 Å². The molecule has 1 heterocycles. The molecule has 0 spiro atoms. The summed E-state index contributed by atoms with van der Waals surface area (Å²) in [5, 5.41) is 4.13. The Morgan fingerprint density at radius 2 is 1.89 bits per heavy atom. The Kier molecular flexibility index (Phi) is 3.66. The monoisotopic (exact) mass is 279 g/mol. The minimum absolute atomic E-state index is 0.532. The fourth-order valence-corrected chi connectivity index (χ4v) is 3.11. The SMILES string of the molecule is CC1CCC(Nc2cc(Cl)nc(C3CC3)n2)CC1C. The topological polar surface area (TPSA) is 37.8 Å². The Morgan fingerprint density at radius 1 is 1.11 bits per heavy atom. The summed E-state index contributed by atoms with van der Waals surface area (Å²) >= 11 is 6.10. The summed E-state index contributed by atoms with van der Waals surface area (Å²) in [4.78, 5) is 8.96. The van der Waals surface area contributed by atoms with Gasteiger partial charge in [0.1, 0.15) is 16.8 Å². The van der Waals surface area contributed by atoms with Crippen LogP contribution in [-0.2, 0) is 0 Å². The summed E-state index contributed by atoms with van der Waals surface area (Å²) in [6, 6.07) is 2.39. The van der Waals surface area contributed by atoms with Gasteiger partial charge in [-0.1, -0.05) is 25.4 Å². The fraction of sp³-hybridized carbons (Fsp3) is 0.733. The van der Waals surface area contributed by atoms with Gasteiger partial charge in [-0.3, -0.25) is 0 Å². The molecule has 0 aliphatic heterocycles. The van der Waals surface area contributed by atoms with Gasteiger partial charge in [-0.05, 0) is 43.9 Å². The van der Waals surface area contributed by atoms with Crippen molar-refractivity contribution in [2.45, 2.75) is 57.9 Å². The highest BCUT2D eigenvalue weighted by molar-refractivity contribution is 6.29. The Hall–Kier alpha value is -0.830. The van der Waals surface area contributed by atoms with E-state index in [1.165, 1.54) is 32.1 Å². The molecule has 3 unspecified atom stereocenters. The summed E-state index contributed by atoms with van der Waals surface area (Å²) in [6.45, 7) is 4.70. The predicted octanol–water partition coefficient (Wildman–Crippen LogP) is 4.24. The smallest absolute Gasteiger partial charge is 0.135 e. The second kappa shape index (κ2) is 5.28. The first-order chi connectivity index (χ1) is 9.11. The maximum Gasteiger partial charge on any atom is 0.135 e. The molecule has 3 nitrogen and oxygen atoms in total. The van der Waals surface area contributed by atoms with Crippen molar-refractivity contribution in [1.82, 2.24) is 9.97 Å². The summed E-state index contributed by atoms with van der Waals surface area (Å²) in [5.41, 5.74) is 0. The normalized spacial score (nSPS) is 31.2. The van der Waals surface area contributed by atoms with Crippen molar-refractivity contribution in [2.75, 3.05) is 5.32 Å². The zero-order valence-electron chi connectivity index (χ0n) is 11.7. The van der Waals surface area contributed by atoms with Crippen LogP contribution in [0.3, 0.4) is 0 Å². The highest BCUT2D eigenvalue weighted by atomic mass is 35.5. The van der Waals surface area contributed by atoms with Gasteiger partial charge >= 0.3 is 0 Å². The van der Waals surface area contributed by atoms with E-state index >= 15 is 0 Å². The average Bonchev–Trinajstić information content (AvgIpc) is 3.17. The number of aromatic nitrogens is 2. The van der Waals surface area contributed by atoms with E-state index in [9.17, 15) is 0 Å². The molecule has 3 atom stereocenters. The second-order valence-electron chi connectivity index (χ2n) is 6.32. The van der Waals surface area contributed by atoms with Crippen molar-refractivity contribution in [2.24, 2.45) is 11.8 Å². The lowest BCUT2D eigenvalue weighted by Gasteiger charge is -2.32. The lowest BCUT2D eigenvalue weighted by Crippen LogP contribution is -2.30. The highest BCUT2D eigenvalue weighted by Gasteiger charge is 2.28. The molecule has 2 aliphatic carbocycles. The van der Waals surface area contributed by atoms with Crippen LogP contribution in [0.1, 0.15) is 57.7 Å². The number of halogens is 1. The first-order valence-electron chi connectivity index (χ1n) is 7.43. The number of anilines is 1. The third-order valence-corrected chi connectivity index (χ3v) is 4.80. The summed E-state index contributed by atoms with van der Waals surface area (Å²) in [6.07, 6.45) is 6.16. The summed E-state index contributed by atoms with van der Waals surface area (Å²) in [5.74, 6) is 4.01. The lowest BCUT2D eigenvalue weighted by molar-refractivity contribution is 0.260. The van der Waals surface area contributed by atoms with Crippen molar-refractivity contribution >= 4 is 17.4 Å². The van der Waals surface area contributed by atoms with Gasteiger partial charge in [-0.25, -0.2) is 9.97 Å². The Bertz CT molecular complexity index is 459. The van der Waals surface area contributed by atoms with Crippen molar-refractivity contribution < 1.29 is 0 Å². The lowest BCUT2D eigenvalue weighted by atomic mass is 9.79. The number of rotatable bonds is 3.